The van der Waals surface area contributed by atoms with E-state index in [2.05, 4.69) is 4.98 Å². The third kappa shape index (κ3) is 5.75. The van der Waals surface area contributed by atoms with Crippen molar-refractivity contribution in [2.24, 2.45) is 5.92 Å². The van der Waals surface area contributed by atoms with Gasteiger partial charge in [0.1, 0.15) is 12.4 Å². The fourth-order valence-corrected chi connectivity index (χ4v) is 6.38. The van der Waals surface area contributed by atoms with Crippen LogP contribution in [0, 0.1) is 5.92 Å². The lowest BCUT2D eigenvalue weighted by Crippen LogP contribution is -2.40. The van der Waals surface area contributed by atoms with Gasteiger partial charge in [-0.2, -0.15) is 4.31 Å². The van der Waals surface area contributed by atoms with Crippen LogP contribution in [0.25, 0.3) is 11.0 Å². The standard InChI is InChI=1S/C24H35N3O5S/c1-2-27-22-12-11-20(33(29,30)26-13-15-31-16-14-26)17-21(22)25-23(27)18-32-24(28)10-6-9-19-7-4-3-5-8-19/h11-12,17,19H,2-10,13-16,18H2,1H3. The molecule has 4 rings (SSSR count). The predicted octanol–water partition coefficient (Wildman–Crippen LogP) is 3.87. The number of benzene rings is 1. The van der Waals surface area contributed by atoms with E-state index in [0.717, 1.165) is 24.3 Å². The van der Waals surface area contributed by atoms with Crippen LogP contribution in [0.1, 0.15) is 64.1 Å². The van der Waals surface area contributed by atoms with Crippen molar-refractivity contribution >= 4 is 27.0 Å². The molecule has 33 heavy (non-hydrogen) atoms. The smallest absolute Gasteiger partial charge is 0.306 e. The van der Waals surface area contributed by atoms with Gasteiger partial charge < -0.3 is 14.0 Å². The van der Waals surface area contributed by atoms with Crippen molar-refractivity contribution in [1.82, 2.24) is 13.9 Å². The first-order valence-electron chi connectivity index (χ1n) is 12.2. The highest BCUT2D eigenvalue weighted by atomic mass is 32.2. The van der Waals surface area contributed by atoms with Crippen molar-refractivity contribution in [1.29, 1.82) is 0 Å². The number of hydrogen-bond acceptors (Lipinski definition) is 6. The molecule has 1 aromatic heterocycles. The molecule has 2 fully saturated rings. The Labute approximate surface area is 196 Å². The molecular formula is C24H35N3O5S. The summed E-state index contributed by atoms with van der Waals surface area (Å²) in [6, 6.07) is 5.03. The number of carbonyl (C=O) groups excluding carboxylic acids is 1. The Morgan fingerprint density at radius 2 is 1.94 bits per heavy atom. The van der Waals surface area contributed by atoms with Gasteiger partial charge >= 0.3 is 5.97 Å². The molecule has 1 aromatic carbocycles. The molecule has 2 heterocycles. The third-order valence-electron chi connectivity index (χ3n) is 6.80. The molecule has 0 radical (unpaired) electrons. The summed E-state index contributed by atoms with van der Waals surface area (Å²) < 4.78 is 40.2. The number of carbonyl (C=O) groups is 1. The van der Waals surface area contributed by atoms with Crippen LogP contribution in [0.4, 0.5) is 0 Å². The van der Waals surface area contributed by atoms with E-state index in [9.17, 15) is 13.2 Å². The van der Waals surface area contributed by atoms with E-state index < -0.39 is 10.0 Å². The quantitative estimate of drug-likeness (QED) is 0.509. The van der Waals surface area contributed by atoms with Gasteiger partial charge in [0.05, 0.1) is 29.1 Å². The maximum absolute atomic E-state index is 13.0. The van der Waals surface area contributed by atoms with Crippen molar-refractivity contribution < 1.29 is 22.7 Å². The number of nitrogens with zero attached hydrogens (tertiary/aromatic N) is 3. The predicted molar refractivity (Wildman–Crippen MR) is 125 cm³/mol. The van der Waals surface area contributed by atoms with Crippen LogP contribution in [0.15, 0.2) is 23.1 Å². The molecule has 0 N–H and O–H groups in total. The van der Waals surface area contributed by atoms with Gasteiger partial charge in [-0.05, 0) is 43.9 Å². The van der Waals surface area contributed by atoms with E-state index in [1.54, 1.807) is 18.2 Å². The normalized spacial score (nSPS) is 18.6. The summed E-state index contributed by atoms with van der Waals surface area (Å²) in [5.74, 6) is 1.20. The summed E-state index contributed by atoms with van der Waals surface area (Å²) >= 11 is 0. The largest absolute Gasteiger partial charge is 0.458 e. The highest BCUT2D eigenvalue weighted by Gasteiger charge is 2.27. The number of esters is 1. The molecule has 1 saturated carbocycles. The molecule has 182 valence electrons. The Balaban J connectivity index is 1.39. The zero-order chi connectivity index (χ0) is 23.3. The number of aromatic nitrogens is 2. The average Bonchev–Trinajstić information content (AvgIpc) is 3.20. The lowest BCUT2D eigenvalue weighted by atomic mass is 9.86. The van der Waals surface area contributed by atoms with E-state index in [4.69, 9.17) is 9.47 Å². The Hall–Kier alpha value is -1.97. The number of rotatable bonds is 9. The fraction of sp³-hybridized carbons (Fsp3) is 0.667. The Kier molecular flexibility index (Phi) is 8.03. The van der Waals surface area contributed by atoms with E-state index >= 15 is 0 Å². The van der Waals surface area contributed by atoms with Crippen LogP contribution >= 0.6 is 0 Å². The van der Waals surface area contributed by atoms with Crippen LogP contribution in [0.5, 0.6) is 0 Å². The fourth-order valence-electron chi connectivity index (χ4n) is 4.95. The first kappa shape index (κ1) is 24.2. The molecule has 0 atom stereocenters. The lowest BCUT2D eigenvalue weighted by molar-refractivity contribution is -0.145. The van der Waals surface area contributed by atoms with Crippen LogP contribution in [0.2, 0.25) is 0 Å². The van der Waals surface area contributed by atoms with E-state index in [-0.39, 0.29) is 17.5 Å². The molecule has 0 spiro atoms. The molecule has 2 aromatic rings. The van der Waals surface area contributed by atoms with Crippen molar-refractivity contribution in [3.63, 3.8) is 0 Å². The molecule has 1 aliphatic heterocycles. The molecule has 1 saturated heterocycles. The van der Waals surface area contributed by atoms with Gasteiger partial charge in [-0.25, -0.2) is 13.4 Å². The maximum atomic E-state index is 13.0. The second kappa shape index (κ2) is 11.0. The summed E-state index contributed by atoms with van der Waals surface area (Å²) in [4.78, 5) is 17.1. The SMILES string of the molecule is CCn1c(COC(=O)CCCC2CCCCC2)nc2cc(S(=O)(=O)N3CCOCC3)ccc21. The summed E-state index contributed by atoms with van der Waals surface area (Å²) in [6.07, 6.45) is 8.97. The topological polar surface area (TPSA) is 90.7 Å². The number of sulfonamides is 1. The molecule has 1 aliphatic carbocycles. The number of ether oxygens (including phenoxy) is 2. The monoisotopic (exact) mass is 477 g/mol. The summed E-state index contributed by atoms with van der Waals surface area (Å²) in [5, 5.41) is 0. The number of hydrogen-bond donors (Lipinski definition) is 0. The first-order valence-corrected chi connectivity index (χ1v) is 13.7. The lowest BCUT2D eigenvalue weighted by Gasteiger charge is -2.26. The molecule has 0 bridgehead atoms. The molecule has 2 aliphatic rings. The zero-order valence-corrected chi connectivity index (χ0v) is 20.3. The minimum atomic E-state index is -3.59. The van der Waals surface area contributed by atoms with Crippen molar-refractivity contribution in [2.75, 3.05) is 26.3 Å². The van der Waals surface area contributed by atoms with Gasteiger partial charge in [-0.1, -0.05) is 32.1 Å². The number of fused-ring (bicyclic) bond motifs is 1. The molecule has 8 nitrogen and oxygen atoms in total. The Morgan fingerprint density at radius 1 is 1.18 bits per heavy atom. The maximum Gasteiger partial charge on any atom is 0.306 e. The third-order valence-corrected chi connectivity index (χ3v) is 8.70. The zero-order valence-electron chi connectivity index (χ0n) is 19.5. The number of morpholine rings is 1. The minimum absolute atomic E-state index is 0.0936. The number of imidazole rings is 1. The number of aryl methyl sites for hydroxylation is 1. The van der Waals surface area contributed by atoms with Crippen LogP contribution in [-0.2, 0) is 37.4 Å². The van der Waals surface area contributed by atoms with Crippen LogP contribution in [-0.4, -0.2) is 54.5 Å². The highest BCUT2D eigenvalue weighted by molar-refractivity contribution is 7.89. The van der Waals surface area contributed by atoms with Gasteiger partial charge in [-0.15, -0.1) is 0 Å². The van der Waals surface area contributed by atoms with Crippen molar-refractivity contribution in [3.05, 3.63) is 24.0 Å². The van der Waals surface area contributed by atoms with Gasteiger partial charge in [0, 0.05) is 26.1 Å². The first-order chi connectivity index (χ1) is 16.0. The summed E-state index contributed by atoms with van der Waals surface area (Å²) in [5.41, 5.74) is 1.43. The average molecular weight is 478 g/mol. The summed E-state index contributed by atoms with van der Waals surface area (Å²) in [6.45, 7) is 4.26. The summed E-state index contributed by atoms with van der Waals surface area (Å²) in [7, 11) is -3.59. The minimum Gasteiger partial charge on any atom is -0.458 e. The van der Waals surface area contributed by atoms with Gasteiger partial charge in [0.15, 0.2) is 0 Å². The second-order valence-electron chi connectivity index (χ2n) is 9.00. The second-order valence-corrected chi connectivity index (χ2v) is 10.9. The Bertz CT molecular complexity index is 1050. The van der Waals surface area contributed by atoms with Gasteiger partial charge in [0.2, 0.25) is 10.0 Å². The van der Waals surface area contributed by atoms with Crippen LogP contribution < -0.4 is 0 Å². The molecule has 0 unspecified atom stereocenters. The van der Waals surface area contributed by atoms with E-state index in [1.165, 1.54) is 36.4 Å². The molecule has 0 amide bonds. The molecular weight excluding hydrogens is 442 g/mol. The van der Waals surface area contributed by atoms with Gasteiger partial charge in [0.25, 0.3) is 0 Å². The Morgan fingerprint density at radius 3 is 2.67 bits per heavy atom. The van der Waals surface area contributed by atoms with Gasteiger partial charge in [-0.3, -0.25) is 4.79 Å². The van der Waals surface area contributed by atoms with Crippen molar-refractivity contribution in [3.8, 4) is 0 Å². The van der Waals surface area contributed by atoms with E-state index in [1.807, 2.05) is 11.5 Å². The van der Waals surface area contributed by atoms with E-state index in [0.29, 0.717) is 50.6 Å². The molecule has 9 heteroatoms. The van der Waals surface area contributed by atoms with Crippen LogP contribution in [0.3, 0.4) is 0 Å². The van der Waals surface area contributed by atoms with Crippen molar-refractivity contribution in [2.45, 2.75) is 76.3 Å². The highest BCUT2D eigenvalue weighted by Crippen LogP contribution is 2.28.